The average molecular weight is 474 g/mol. The fourth-order valence-electron chi connectivity index (χ4n) is 3.27. The summed E-state index contributed by atoms with van der Waals surface area (Å²) in [5.41, 5.74) is 2.14. The van der Waals surface area contributed by atoms with Gasteiger partial charge in [-0.25, -0.2) is 14.4 Å². The summed E-state index contributed by atoms with van der Waals surface area (Å²) in [4.78, 5) is 13.1. The van der Waals surface area contributed by atoms with E-state index in [1.807, 2.05) is 0 Å². The van der Waals surface area contributed by atoms with Crippen molar-refractivity contribution in [1.82, 2.24) is 23.1 Å². The summed E-state index contributed by atoms with van der Waals surface area (Å²) >= 11 is 0. The zero-order chi connectivity index (χ0) is 23.4. The molecular formula is C21H24FN7O3S. The molecule has 0 amide bonds. The molecule has 2 aromatic heterocycles. The van der Waals surface area contributed by atoms with Gasteiger partial charge in [-0.1, -0.05) is 6.58 Å². The molecule has 0 saturated carbocycles. The number of rotatable bonds is 8. The maximum absolute atomic E-state index is 13.1. The minimum absolute atomic E-state index is 0.320. The number of halogens is 1. The molecule has 1 fully saturated rings. The molecule has 1 saturated heterocycles. The lowest BCUT2D eigenvalue weighted by Crippen LogP contribution is -2.34. The van der Waals surface area contributed by atoms with Crippen LogP contribution >= 0.6 is 0 Å². The van der Waals surface area contributed by atoms with E-state index in [0.29, 0.717) is 61.3 Å². The first kappa shape index (κ1) is 22.8. The number of hydrogen-bond donors (Lipinski definition) is 1. The van der Waals surface area contributed by atoms with Gasteiger partial charge in [0.2, 0.25) is 5.95 Å². The highest BCUT2D eigenvalue weighted by atomic mass is 32.2. The predicted molar refractivity (Wildman–Crippen MR) is 120 cm³/mol. The van der Waals surface area contributed by atoms with Crippen molar-refractivity contribution in [2.45, 2.75) is 6.54 Å². The van der Waals surface area contributed by atoms with Crippen LogP contribution in [0.25, 0.3) is 5.70 Å². The van der Waals surface area contributed by atoms with Crippen molar-refractivity contribution in [2.24, 2.45) is 4.99 Å². The molecule has 1 N–H and O–H groups in total. The monoisotopic (exact) mass is 473 g/mol. The topological polar surface area (TPSA) is 109 Å². The van der Waals surface area contributed by atoms with Crippen LogP contribution in [0.5, 0.6) is 0 Å². The van der Waals surface area contributed by atoms with Crippen molar-refractivity contribution in [1.29, 1.82) is 0 Å². The van der Waals surface area contributed by atoms with E-state index in [0.717, 1.165) is 0 Å². The third kappa shape index (κ3) is 5.35. The largest absolute Gasteiger partial charge is 0.432 e. The minimum atomic E-state index is -3.36. The molecule has 10 nitrogen and oxygen atoms in total. The molecule has 0 aliphatic carbocycles. The summed E-state index contributed by atoms with van der Waals surface area (Å²) in [5.74, 6) is 0.0675. The molecule has 1 aliphatic heterocycles. The molecule has 1 aromatic carbocycles. The first-order chi connectivity index (χ1) is 15.8. The van der Waals surface area contributed by atoms with Crippen molar-refractivity contribution < 1.29 is 17.2 Å². The number of oxazole rings is 1. The van der Waals surface area contributed by atoms with E-state index >= 15 is 0 Å². The summed E-state index contributed by atoms with van der Waals surface area (Å²) < 4.78 is 47.4. The molecule has 0 atom stereocenters. The van der Waals surface area contributed by atoms with Gasteiger partial charge in [-0.2, -0.15) is 22.0 Å². The zero-order valence-electron chi connectivity index (χ0n) is 18.1. The number of nitrogens with zero attached hydrogens (tertiary/aromatic N) is 6. The molecule has 0 bridgehead atoms. The lowest BCUT2D eigenvalue weighted by Gasteiger charge is -2.16. The van der Waals surface area contributed by atoms with Gasteiger partial charge >= 0.3 is 5.68 Å². The fourth-order valence-corrected chi connectivity index (χ4v) is 4.61. The molecule has 1 aliphatic rings. The van der Waals surface area contributed by atoms with Gasteiger partial charge in [-0.05, 0) is 35.9 Å². The van der Waals surface area contributed by atoms with Gasteiger partial charge in [0.1, 0.15) is 12.1 Å². The van der Waals surface area contributed by atoms with Gasteiger partial charge in [-0.15, -0.1) is 0 Å². The Hall–Kier alpha value is -3.35. The van der Waals surface area contributed by atoms with Crippen molar-refractivity contribution in [3.63, 3.8) is 0 Å². The second-order valence-electron chi connectivity index (χ2n) is 7.41. The Morgan fingerprint density at radius 1 is 1.27 bits per heavy atom. The van der Waals surface area contributed by atoms with Crippen molar-refractivity contribution >= 4 is 21.9 Å². The standard InChI is InChI=1S/C21H24FN7O3S/c1-16(17-3-5-18(22)6-4-17)25-21-28(13-14-32-21)15-19-7-8-23-20(26-19)24-9-10-29-12-11-27(2)33(29,30)31/h3-8,13-14H,1,9-12,15H2,2H3,(H,23,24,26). The number of nitrogens with one attached hydrogen (secondary N) is 1. The Morgan fingerprint density at radius 2 is 2.06 bits per heavy atom. The normalized spacial score (nSPS) is 16.8. The molecule has 0 radical (unpaired) electrons. The average Bonchev–Trinajstić information content (AvgIpc) is 3.32. The predicted octanol–water partition coefficient (Wildman–Crippen LogP) is 1.53. The zero-order valence-corrected chi connectivity index (χ0v) is 18.9. The van der Waals surface area contributed by atoms with Crippen molar-refractivity contribution in [3.8, 4) is 0 Å². The summed E-state index contributed by atoms with van der Waals surface area (Å²) in [6, 6.07) is 7.66. The molecule has 4 rings (SSSR count). The number of benzene rings is 1. The molecular weight excluding hydrogens is 449 g/mol. The molecule has 3 heterocycles. The number of anilines is 1. The minimum Gasteiger partial charge on any atom is -0.432 e. The Kier molecular flexibility index (Phi) is 6.67. The van der Waals surface area contributed by atoms with Gasteiger partial charge in [0, 0.05) is 45.6 Å². The Morgan fingerprint density at radius 3 is 2.79 bits per heavy atom. The van der Waals surface area contributed by atoms with Crippen molar-refractivity contribution in [3.05, 3.63) is 78.3 Å². The molecule has 33 heavy (non-hydrogen) atoms. The third-order valence-electron chi connectivity index (χ3n) is 5.14. The third-order valence-corrected chi connectivity index (χ3v) is 7.13. The fraction of sp³-hybridized carbons (Fsp3) is 0.286. The Labute approximate surface area is 190 Å². The first-order valence-corrected chi connectivity index (χ1v) is 11.6. The van der Waals surface area contributed by atoms with Crippen molar-refractivity contribution in [2.75, 3.05) is 38.5 Å². The second-order valence-corrected chi connectivity index (χ2v) is 9.44. The second kappa shape index (κ2) is 9.65. The number of hydrogen-bond acceptors (Lipinski definition) is 7. The van der Waals surface area contributed by atoms with E-state index < -0.39 is 10.2 Å². The SMILES string of the molecule is C=C(N=c1occn1Cc1ccnc(NCCN2CCN(C)S2(=O)=O)n1)c1ccc(F)cc1. The highest BCUT2D eigenvalue weighted by Gasteiger charge is 2.32. The molecule has 0 spiro atoms. The van der Waals surface area contributed by atoms with Crippen LogP contribution in [-0.4, -0.2) is 64.8 Å². The molecule has 0 unspecified atom stereocenters. The Bertz CT molecular complexity index is 1300. The van der Waals surface area contributed by atoms with Gasteiger partial charge in [0.25, 0.3) is 10.2 Å². The van der Waals surface area contributed by atoms with E-state index in [9.17, 15) is 12.8 Å². The van der Waals surface area contributed by atoms with Crippen LogP contribution in [0.2, 0.25) is 0 Å². The first-order valence-electron chi connectivity index (χ1n) is 10.2. The van der Waals surface area contributed by atoms with Crippen LogP contribution in [0.4, 0.5) is 10.3 Å². The molecule has 12 heteroatoms. The van der Waals surface area contributed by atoms with E-state index in [1.165, 1.54) is 27.0 Å². The van der Waals surface area contributed by atoms with Crippen LogP contribution in [0.15, 0.2) is 65.0 Å². The number of likely N-dealkylation sites (N-methyl/N-ethyl adjacent to an activating group) is 1. The van der Waals surface area contributed by atoms with E-state index in [1.54, 1.807) is 42.2 Å². The highest BCUT2D eigenvalue weighted by molar-refractivity contribution is 7.87. The lowest BCUT2D eigenvalue weighted by molar-refractivity contribution is 0.459. The summed E-state index contributed by atoms with van der Waals surface area (Å²) in [6.45, 7) is 5.95. The van der Waals surface area contributed by atoms with Crippen LogP contribution in [-0.2, 0) is 16.8 Å². The summed E-state index contributed by atoms with van der Waals surface area (Å²) in [5, 5.41) is 3.07. The highest BCUT2D eigenvalue weighted by Crippen LogP contribution is 2.14. The maximum Gasteiger partial charge on any atom is 0.302 e. The maximum atomic E-state index is 13.1. The van der Waals surface area contributed by atoms with Gasteiger partial charge < -0.3 is 9.73 Å². The smallest absolute Gasteiger partial charge is 0.302 e. The quantitative estimate of drug-likeness (QED) is 0.532. The van der Waals surface area contributed by atoms with E-state index in [-0.39, 0.29) is 5.82 Å². The van der Waals surface area contributed by atoms with Gasteiger partial charge in [0.05, 0.1) is 17.9 Å². The van der Waals surface area contributed by atoms with Gasteiger partial charge in [0.15, 0.2) is 0 Å². The van der Waals surface area contributed by atoms with Crippen LogP contribution in [0, 0.1) is 5.82 Å². The van der Waals surface area contributed by atoms with Crippen LogP contribution in [0.3, 0.4) is 0 Å². The molecule has 174 valence electrons. The van der Waals surface area contributed by atoms with Gasteiger partial charge in [-0.3, -0.25) is 4.57 Å². The van der Waals surface area contributed by atoms with E-state index in [2.05, 4.69) is 26.9 Å². The van der Waals surface area contributed by atoms with E-state index in [4.69, 9.17) is 4.42 Å². The van der Waals surface area contributed by atoms with Crippen LogP contribution < -0.4 is 11.0 Å². The summed E-state index contributed by atoms with van der Waals surface area (Å²) in [7, 11) is -1.80. The lowest BCUT2D eigenvalue weighted by atomic mass is 10.2. The number of aromatic nitrogens is 3. The summed E-state index contributed by atoms with van der Waals surface area (Å²) in [6.07, 6.45) is 4.85. The van der Waals surface area contributed by atoms with Crippen LogP contribution in [0.1, 0.15) is 11.3 Å². The molecule has 3 aromatic rings. The Balaban J connectivity index is 1.41.